The molecule has 1 heterocycles. The summed E-state index contributed by atoms with van der Waals surface area (Å²) in [6.45, 7) is 1.94. The molecule has 1 aliphatic heterocycles. The van der Waals surface area contributed by atoms with E-state index in [-0.39, 0.29) is 6.61 Å². The van der Waals surface area contributed by atoms with Crippen LogP contribution in [-0.4, -0.2) is 51.4 Å². The van der Waals surface area contributed by atoms with Gasteiger partial charge in [0.2, 0.25) is 5.60 Å². The lowest BCUT2D eigenvalue weighted by Crippen LogP contribution is -2.51. The largest absolute Gasteiger partial charge is 0.463 e. The van der Waals surface area contributed by atoms with Gasteiger partial charge in [-0.05, 0) is 32.6 Å². The molecule has 140 valence electrons. The highest BCUT2D eigenvalue weighted by molar-refractivity contribution is 8.02. The number of esters is 2. The molecule has 7 heteroatoms. The summed E-state index contributed by atoms with van der Waals surface area (Å²) in [5, 5.41) is 0.0163. The Labute approximate surface area is 157 Å². The zero-order valence-corrected chi connectivity index (χ0v) is 16.3. The minimum absolute atomic E-state index is 0.210. The van der Waals surface area contributed by atoms with Gasteiger partial charge in [-0.25, -0.2) is 9.59 Å². The summed E-state index contributed by atoms with van der Waals surface area (Å²) in [5.74, 6) is -1.69. The number of carbonyl (C=O) groups excluding carboxylic acids is 3. The Hall–Kier alpha value is -0.690. The van der Waals surface area contributed by atoms with Crippen molar-refractivity contribution in [2.24, 2.45) is 0 Å². The number of ether oxygens (including phenoxy) is 2. The maximum absolute atomic E-state index is 12.8. The maximum Gasteiger partial charge on any atom is 0.377 e. The van der Waals surface area contributed by atoms with Crippen molar-refractivity contribution in [1.82, 2.24) is 0 Å². The predicted molar refractivity (Wildman–Crippen MR) is 98.8 cm³/mol. The van der Waals surface area contributed by atoms with Crippen molar-refractivity contribution in [2.75, 3.05) is 12.4 Å². The molecule has 3 fully saturated rings. The van der Waals surface area contributed by atoms with Crippen LogP contribution in [0.15, 0.2) is 0 Å². The molecule has 1 saturated heterocycles. The summed E-state index contributed by atoms with van der Waals surface area (Å²) in [6.07, 6.45) is 8.95. The van der Waals surface area contributed by atoms with Crippen molar-refractivity contribution in [1.29, 1.82) is 0 Å². The van der Waals surface area contributed by atoms with Crippen LogP contribution >= 0.6 is 23.5 Å². The Bertz CT molecular complexity index is 526. The zero-order valence-electron chi connectivity index (χ0n) is 14.7. The highest BCUT2D eigenvalue weighted by atomic mass is 32.2. The summed E-state index contributed by atoms with van der Waals surface area (Å²) < 4.78 is 10.7. The van der Waals surface area contributed by atoms with E-state index in [1.54, 1.807) is 18.7 Å². The van der Waals surface area contributed by atoms with Crippen LogP contribution in [-0.2, 0) is 23.9 Å². The van der Waals surface area contributed by atoms with E-state index in [1.165, 1.54) is 24.6 Å². The molecule has 2 saturated carbocycles. The standard InChI is InChI=1S/C18H26O5S2/c1-2-22-17(21)18(11-24-12-7-3-4-8-12)15(14(19)16(20)23-18)25-13-9-5-6-10-13/h12-13,15H,2-11H2,1H3. The van der Waals surface area contributed by atoms with E-state index < -0.39 is 28.6 Å². The minimum Gasteiger partial charge on any atom is -0.463 e. The maximum atomic E-state index is 12.8. The van der Waals surface area contributed by atoms with Gasteiger partial charge in [0.25, 0.3) is 5.78 Å². The Morgan fingerprint density at radius 3 is 2.32 bits per heavy atom. The highest BCUT2D eigenvalue weighted by Gasteiger charge is 2.62. The predicted octanol–water partition coefficient (Wildman–Crippen LogP) is 3.13. The van der Waals surface area contributed by atoms with Crippen LogP contribution < -0.4 is 0 Å². The number of Topliss-reactive ketones (excluding diaryl/α,β-unsaturated/α-hetero) is 1. The van der Waals surface area contributed by atoms with Crippen molar-refractivity contribution in [2.45, 2.75) is 79.6 Å². The van der Waals surface area contributed by atoms with E-state index in [2.05, 4.69) is 0 Å². The molecule has 2 atom stereocenters. The number of rotatable bonds is 7. The number of hydrogen-bond donors (Lipinski definition) is 0. The Balaban J connectivity index is 1.81. The molecular formula is C18H26O5S2. The van der Waals surface area contributed by atoms with Gasteiger partial charge in [0.15, 0.2) is 0 Å². The Morgan fingerprint density at radius 2 is 1.72 bits per heavy atom. The fourth-order valence-corrected chi connectivity index (χ4v) is 7.10. The van der Waals surface area contributed by atoms with Crippen LogP contribution in [0.3, 0.4) is 0 Å². The number of thioether (sulfide) groups is 2. The molecule has 0 N–H and O–H groups in total. The topological polar surface area (TPSA) is 69.7 Å². The molecule has 0 spiro atoms. The van der Waals surface area contributed by atoms with Gasteiger partial charge in [-0.3, -0.25) is 4.79 Å². The number of carbonyl (C=O) groups is 3. The Kier molecular flexibility index (Phi) is 6.36. The smallest absolute Gasteiger partial charge is 0.377 e. The lowest BCUT2D eigenvalue weighted by molar-refractivity contribution is -0.171. The van der Waals surface area contributed by atoms with Gasteiger partial charge in [-0.15, -0.1) is 11.8 Å². The molecule has 2 unspecified atom stereocenters. The first-order chi connectivity index (χ1) is 12.1. The fraction of sp³-hybridized carbons (Fsp3) is 0.833. The Morgan fingerprint density at radius 1 is 1.12 bits per heavy atom. The number of ketones is 1. The second-order valence-corrected chi connectivity index (χ2v) is 9.70. The second kappa shape index (κ2) is 8.33. The minimum atomic E-state index is -1.45. The molecule has 25 heavy (non-hydrogen) atoms. The third-order valence-corrected chi connectivity index (χ3v) is 8.49. The van der Waals surface area contributed by atoms with Crippen molar-refractivity contribution in [3.05, 3.63) is 0 Å². The van der Waals surface area contributed by atoms with Gasteiger partial charge in [0.05, 0.1) is 6.61 Å². The quantitative estimate of drug-likeness (QED) is 0.492. The third-order valence-electron chi connectivity index (χ3n) is 5.23. The average molecular weight is 387 g/mol. The highest BCUT2D eigenvalue weighted by Crippen LogP contribution is 2.44. The molecule has 0 bridgehead atoms. The van der Waals surface area contributed by atoms with E-state index in [0.717, 1.165) is 38.5 Å². The SMILES string of the molecule is CCOC(=O)C1(CSC2CCCC2)OC(=O)C(=O)C1SC1CCCC1. The first kappa shape index (κ1) is 19.1. The summed E-state index contributed by atoms with van der Waals surface area (Å²) in [6, 6.07) is 0. The summed E-state index contributed by atoms with van der Waals surface area (Å²) in [5.41, 5.74) is -1.45. The number of cyclic esters (lactones) is 1. The molecule has 2 aliphatic carbocycles. The van der Waals surface area contributed by atoms with Gasteiger partial charge in [0.1, 0.15) is 5.25 Å². The van der Waals surface area contributed by atoms with E-state index in [0.29, 0.717) is 16.3 Å². The first-order valence-corrected chi connectivity index (χ1v) is 11.3. The summed E-state index contributed by atoms with van der Waals surface area (Å²) >= 11 is 3.12. The normalized spacial score (nSPS) is 30.8. The molecule has 3 aliphatic rings. The molecule has 0 radical (unpaired) electrons. The molecule has 3 rings (SSSR count). The summed E-state index contributed by atoms with van der Waals surface area (Å²) in [4.78, 5) is 37.3. The molecule has 0 aromatic carbocycles. The first-order valence-electron chi connectivity index (χ1n) is 9.28. The number of hydrogen-bond acceptors (Lipinski definition) is 7. The molecule has 0 aromatic rings. The van der Waals surface area contributed by atoms with Crippen LogP contribution in [0.4, 0.5) is 0 Å². The van der Waals surface area contributed by atoms with Crippen molar-refractivity contribution in [3.63, 3.8) is 0 Å². The van der Waals surface area contributed by atoms with Crippen LogP contribution in [0.5, 0.6) is 0 Å². The lowest BCUT2D eigenvalue weighted by Gasteiger charge is -2.31. The molecule has 0 amide bonds. The third kappa shape index (κ3) is 4.02. The zero-order chi connectivity index (χ0) is 17.9. The van der Waals surface area contributed by atoms with Crippen molar-refractivity contribution >= 4 is 41.2 Å². The van der Waals surface area contributed by atoms with Crippen molar-refractivity contribution < 1.29 is 23.9 Å². The van der Waals surface area contributed by atoms with Crippen LogP contribution in [0.2, 0.25) is 0 Å². The van der Waals surface area contributed by atoms with E-state index in [1.807, 2.05) is 0 Å². The van der Waals surface area contributed by atoms with Crippen LogP contribution in [0, 0.1) is 0 Å². The molecule has 5 nitrogen and oxygen atoms in total. The molecular weight excluding hydrogens is 360 g/mol. The van der Waals surface area contributed by atoms with E-state index in [4.69, 9.17) is 9.47 Å². The monoisotopic (exact) mass is 386 g/mol. The second-order valence-electron chi connectivity index (χ2n) is 7.00. The van der Waals surface area contributed by atoms with Gasteiger partial charge in [-0.1, -0.05) is 25.7 Å². The van der Waals surface area contributed by atoms with Crippen LogP contribution in [0.25, 0.3) is 0 Å². The van der Waals surface area contributed by atoms with Gasteiger partial charge >= 0.3 is 11.9 Å². The van der Waals surface area contributed by atoms with Gasteiger partial charge in [0, 0.05) is 16.3 Å². The van der Waals surface area contributed by atoms with E-state index >= 15 is 0 Å². The van der Waals surface area contributed by atoms with Crippen LogP contribution in [0.1, 0.15) is 58.3 Å². The van der Waals surface area contributed by atoms with Gasteiger partial charge in [-0.2, -0.15) is 11.8 Å². The lowest BCUT2D eigenvalue weighted by atomic mass is 10.0. The summed E-state index contributed by atoms with van der Waals surface area (Å²) in [7, 11) is 0. The average Bonchev–Trinajstić information content (AvgIpc) is 3.32. The van der Waals surface area contributed by atoms with Crippen molar-refractivity contribution in [3.8, 4) is 0 Å². The molecule has 0 aromatic heterocycles. The fourth-order valence-electron chi connectivity index (χ4n) is 3.84. The van der Waals surface area contributed by atoms with Gasteiger partial charge < -0.3 is 9.47 Å². The van der Waals surface area contributed by atoms with E-state index in [9.17, 15) is 14.4 Å².